The molecule has 0 unspecified atom stereocenters. The number of benzene rings is 1. The Morgan fingerprint density at radius 2 is 2.12 bits per heavy atom. The Bertz CT molecular complexity index is 905. The van der Waals surface area contributed by atoms with Crippen molar-refractivity contribution in [2.24, 2.45) is 0 Å². The van der Waals surface area contributed by atoms with E-state index < -0.39 is 6.10 Å². The summed E-state index contributed by atoms with van der Waals surface area (Å²) in [6.45, 7) is 2.70. The molecule has 4 rings (SSSR count). The molecule has 1 N–H and O–H groups in total. The molecule has 0 bridgehead atoms. The third-order valence-corrected chi connectivity index (χ3v) is 4.37. The summed E-state index contributed by atoms with van der Waals surface area (Å²) in [7, 11) is 0. The fraction of sp³-hybridized carbons (Fsp3) is 0.278. The van der Waals surface area contributed by atoms with Crippen molar-refractivity contribution in [3.63, 3.8) is 0 Å². The summed E-state index contributed by atoms with van der Waals surface area (Å²) in [5, 5.41) is 14.3. The highest BCUT2D eigenvalue weighted by molar-refractivity contribution is 6.07. The number of hydrogen-bond acceptors (Lipinski definition) is 5. The fourth-order valence-electron chi connectivity index (χ4n) is 3.12. The lowest BCUT2D eigenvalue weighted by Gasteiger charge is -2.16. The van der Waals surface area contributed by atoms with E-state index >= 15 is 0 Å². The number of carbonyl (C=O) groups is 1. The van der Waals surface area contributed by atoms with E-state index in [1.807, 2.05) is 30.3 Å². The van der Waals surface area contributed by atoms with Gasteiger partial charge in [-0.25, -0.2) is 4.98 Å². The van der Waals surface area contributed by atoms with Crippen LogP contribution in [0.4, 0.5) is 0 Å². The van der Waals surface area contributed by atoms with E-state index in [2.05, 4.69) is 10.1 Å². The van der Waals surface area contributed by atoms with Gasteiger partial charge in [0, 0.05) is 18.7 Å². The van der Waals surface area contributed by atoms with Gasteiger partial charge in [-0.1, -0.05) is 35.5 Å². The number of rotatable bonds is 2. The molecule has 24 heavy (non-hydrogen) atoms. The maximum Gasteiger partial charge on any atom is 0.259 e. The molecule has 0 spiro atoms. The number of aliphatic hydroxyl groups is 1. The first-order valence-corrected chi connectivity index (χ1v) is 7.93. The minimum atomic E-state index is -0.455. The van der Waals surface area contributed by atoms with Crippen molar-refractivity contribution in [1.29, 1.82) is 0 Å². The van der Waals surface area contributed by atoms with Crippen LogP contribution in [0.2, 0.25) is 0 Å². The van der Waals surface area contributed by atoms with Crippen LogP contribution in [0.3, 0.4) is 0 Å². The molecule has 122 valence electrons. The van der Waals surface area contributed by atoms with E-state index in [-0.39, 0.29) is 5.91 Å². The van der Waals surface area contributed by atoms with Crippen molar-refractivity contribution in [1.82, 2.24) is 15.0 Å². The largest absolute Gasteiger partial charge is 0.391 e. The number of carbonyl (C=O) groups excluding carboxylic acids is 1. The topological polar surface area (TPSA) is 79.5 Å². The SMILES string of the molecule is Cc1noc2nc(-c3ccccc3)cc(C(=O)N3CC[C@@H](O)C3)c12. The third-order valence-electron chi connectivity index (χ3n) is 4.37. The Balaban J connectivity index is 1.86. The number of aryl methyl sites for hydroxylation is 1. The summed E-state index contributed by atoms with van der Waals surface area (Å²) < 4.78 is 5.30. The van der Waals surface area contributed by atoms with Crippen molar-refractivity contribution in [2.45, 2.75) is 19.4 Å². The molecule has 6 nitrogen and oxygen atoms in total. The molecule has 2 aromatic heterocycles. The molecular formula is C18H17N3O3. The van der Waals surface area contributed by atoms with E-state index in [1.54, 1.807) is 17.9 Å². The number of nitrogens with zero attached hydrogens (tertiary/aromatic N) is 3. The second-order valence-electron chi connectivity index (χ2n) is 6.06. The number of fused-ring (bicyclic) bond motifs is 1. The van der Waals surface area contributed by atoms with Crippen LogP contribution in [-0.2, 0) is 0 Å². The quantitative estimate of drug-likeness (QED) is 0.783. The summed E-state index contributed by atoms with van der Waals surface area (Å²) in [5.74, 6) is -0.123. The second-order valence-corrected chi connectivity index (χ2v) is 6.06. The molecular weight excluding hydrogens is 306 g/mol. The lowest BCUT2D eigenvalue weighted by molar-refractivity contribution is 0.0767. The third kappa shape index (κ3) is 2.45. The lowest BCUT2D eigenvalue weighted by atomic mass is 10.0. The number of pyridine rings is 1. The van der Waals surface area contributed by atoms with E-state index in [4.69, 9.17) is 4.52 Å². The standard InChI is InChI=1S/C18H17N3O3/c1-11-16-14(18(23)21-8-7-13(22)10-21)9-15(19-17(16)24-20-11)12-5-3-2-4-6-12/h2-6,9,13,22H,7-8,10H2,1H3/t13-/m1/s1. The molecule has 1 saturated heterocycles. The molecule has 1 fully saturated rings. The van der Waals surface area contributed by atoms with Gasteiger partial charge in [-0.05, 0) is 19.4 Å². The van der Waals surface area contributed by atoms with Gasteiger partial charge in [0.1, 0.15) is 0 Å². The zero-order valence-corrected chi connectivity index (χ0v) is 13.3. The number of aliphatic hydroxyl groups excluding tert-OH is 1. The van der Waals surface area contributed by atoms with Crippen molar-refractivity contribution in [3.05, 3.63) is 47.7 Å². The van der Waals surface area contributed by atoms with Gasteiger partial charge in [-0.2, -0.15) is 0 Å². The van der Waals surface area contributed by atoms with Gasteiger partial charge >= 0.3 is 0 Å². The Labute approximate surface area is 138 Å². The number of amides is 1. The van der Waals surface area contributed by atoms with Crippen LogP contribution < -0.4 is 0 Å². The van der Waals surface area contributed by atoms with Crippen LogP contribution in [0.25, 0.3) is 22.4 Å². The average Bonchev–Trinajstić information content (AvgIpc) is 3.20. The van der Waals surface area contributed by atoms with Crippen molar-refractivity contribution >= 4 is 17.0 Å². The molecule has 1 aromatic carbocycles. The summed E-state index contributed by atoms with van der Waals surface area (Å²) in [4.78, 5) is 19.1. The Morgan fingerprint density at radius 1 is 1.33 bits per heavy atom. The Kier molecular flexibility index (Phi) is 3.54. The summed E-state index contributed by atoms with van der Waals surface area (Å²) in [6.07, 6.45) is 0.150. The van der Waals surface area contributed by atoms with E-state index in [0.717, 1.165) is 5.56 Å². The Hall–Kier alpha value is -2.73. The van der Waals surface area contributed by atoms with Gasteiger partial charge in [0.15, 0.2) is 0 Å². The normalized spacial score (nSPS) is 17.6. The molecule has 3 aromatic rings. The van der Waals surface area contributed by atoms with Crippen LogP contribution in [0.5, 0.6) is 0 Å². The minimum absolute atomic E-state index is 0.123. The van der Waals surface area contributed by atoms with E-state index in [0.29, 0.717) is 47.6 Å². The molecule has 0 saturated carbocycles. The smallest absolute Gasteiger partial charge is 0.259 e. The van der Waals surface area contributed by atoms with E-state index in [9.17, 15) is 9.90 Å². The summed E-state index contributed by atoms with van der Waals surface area (Å²) in [5.41, 5.74) is 3.09. The molecule has 1 atom stereocenters. The number of likely N-dealkylation sites (tertiary alicyclic amines) is 1. The first-order chi connectivity index (χ1) is 11.6. The predicted octanol–water partition coefficient (Wildman–Crippen LogP) is 2.41. The lowest BCUT2D eigenvalue weighted by Crippen LogP contribution is -2.29. The van der Waals surface area contributed by atoms with E-state index in [1.165, 1.54) is 0 Å². The van der Waals surface area contributed by atoms with Gasteiger partial charge in [0.2, 0.25) is 0 Å². The molecule has 1 aliphatic rings. The molecule has 6 heteroatoms. The van der Waals surface area contributed by atoms with Gasteiger partial charge in [0.25, 0.3) is 11.6 Å². The number of hydrogen-bond donors (Lipinski definition) is 1. The molecule has 1 amide bonds. The molecule has 3 heterocycles. The monoisotopic (exact) mass is 323 g/mol. The maximum atomic E-state index is 13.0. The number of β-amino-alcohol motifs (C(OH)–C–C–N with tert-alkyl or cyclic N) is 1. The highest BCUT2D eigenvalue weighted by Crippen LogP contribution is 2.28. The first kappa shape index (κ1) is 14.8. The summed E-state index contributed by atoms with van der Waals surface area (Å²) >= 11 is 0. The van der Waals surface area contributed by atoms with Crippen LogP contribution in [0.1, 0.15) is 22.5 Å². The molecule has 0 radical (unpaired) electrons. The highest BCUT2D eigenvalue weighted by atomic mass is 16.5. The molecule has 0 aliphatic carbocycles. The fourth-order valence-corrected chi connectivity index (χ4v) is 3.12. The van der Waals surface area contributed by atoms with Crippen molar-refractivity contribution in [3.8, 4) is 11.3 Å². The first-order valence-electron chi connectivity index (χ1n) is 7.93. The average molecular weight is 323 g/mol. The maximum absolute atomic E-state index is 13.0. The highest BCUT2D eigenvalue weighted by Gasteiger charge is 2.28. The van der Waals surface area contributed by atoms with Crippen molar-refractivity contribution < 1.29 is 14.4 Å². The zero-order chi connectivity index (χ0) is 16.7. The van der Waals surface area contributed by atoms with Gasteiger partial charge in [0.05, 0.1) is 28.4 Å². The zero-order valence-electron chi connectivity index (χ0n) is 13.3. The Morgan fingerprint density at radius 3 is 2.83 bits per heavy atom. The minimum Gasteiger partial charge on any atom is -0.391 e. The number of aromatic nitrogens is 2. The second kappa shape index (κ2) is 5.72. The van der Waals surface area contributed by atoms with Gasteiger partial charge in [-0.15, -0.1) is 0 Å². The van der Waals surface area contributed by atoms with Crippen LogP contribution in [0, 0.1) is 6.92 Å². The van der Waals surface area contributed by atoms with Crippen LogP contribution in [-0.4, -0.2) is 45.2 Å². The predicted molar refractivity (Wildman–Crippen MR) is 88.5 cm³/mol. The van der Waals surface area contributed by atoms with Crippen LogP contribution >= 0.6 is 0 Å². The van der Waals surface area contributed by atoms with Gasteiger partial charge in [-0.3, -0.25) is 4.79 Å². The van der Waals surface area contributed by atoms with Crippen molar-refractivity contribution in [2.75, 3.05) is 13.1 Å². The van der Waals surface area contributed by atoms with Crippen LogP contribution in [0.15, 0.2) is 40.9 Å². The molecule has 1 aliphatic heterocycles. The summed E-state index contributed by atoms with van der Waals surface area (Å²) in [6, 6.07) is 11.4. The van der Waals surface area contributed by atoms with Gasteiger partial charge < -0.3 is 14.5 Å².